The molecular formula is C16H8Cl3N3O5. The Morgan fingerprint density at radius 2 is 1.74 bits per heavy atom. The number of carbonyl (C=O) groups excluding carboxylic acids is 3. The number of carbonyl (C=O) groups is 3. The summed E-state index contributed by atoms with van der Waals surface area (Å²) in [6.07, 6.45) is 0. The second kappa shape index (κ2) is 7.15. The van der Waals surface area contributed by atoms with Gasteiger partial charge in [-0.1, -0.05) is 40.9 Å². The monoisotopic (exact) mass is 427 g/mol. The zero-order chi connectivity index (χ0) is 19.9. The van der Waals surface area contributed by atoms with Crippen LogP contribution >= 0.6 is 34.8 Å². The summed E-state index contributed by atoms with van der Waals surface area (Å²) in [5, 5.41) is 13.9. The number of benzene rings is 2. The van der Waals surface area contributed by atoms with Gasteiger partial charge in [0.25, 0.3) is 17.5 Å². The van der Waals surface area contributed by atoms with Crippen LogP contribution in [0.2, 0.25) is 15.1 Å². The highest BCUT2D eigenvalue weighted by molar-refractivity contribution is 6.42. The van der Waals surface area contributed by atoms with Gasteiger partial charge >= 0.3 is 0 Å². The lowest BCUT2D eigenvalue weighted by Gasteiger charge is -2.15. The van der Waals surface area contributed by atoms with Crippen LogP contribution in [-0.4, -0.2) is 34.1 Å². The number of hydrogen-bond acceptors (Lipinski definition) is 5. The number of nitrogens with zero attached hydrogens (tertiary/aromatic N) is 2. The first-order chi connectivity index (χ1) is 12.7. The van der Waals surface area contributed by atoms with E-state index in [4.69, 9.17) is 34.8 Å². The lowest BCUT2D eigenvalue weighted by molar-refractivity contribution is -0.385. The van der Waals surface area contributed by atoms with Crippen molar-refractivity contribution in [3.8, 4) is 0 Å². The largest absolute Gasteiger partial charge is 0.322 e. The Morgan fingerprint density at radius 3 is 2.33 bits per heavy atom. The van der Waals surface area contributed by atoms with E-state index in [9.17, 15) is 24.5 Å². The van der Waals surface area contributed by atoms with E-state index in [2.05, 4.69) is 5.32 Å². The first-order valence-corrected chi connectivity index (χ1v) is 8.42. The molecular weight excluding hydrogens is 421 g/mol. The highest BCUT2D eigenvalue weighted by atomic mass is 35.5. The molecule has 11 heteroatoms. The third-order valence-electron chi connectivity index (χ3n) is 3.75. The molecule has 0 aliphatic carbocycles. The van der Waals surface area contributed by atoms with Gasteiger partial charge in [0.15, 0.2) is 0 Å². The fraction of sp³-hybridized carbons (Fsp3) is 0.0625. The van der Waals surface area contributed by atoms with Crippen LogP contribution in [0.5, 0.6) is 0 Å². The van der Waals surface area contributed by atoms with Crippen LogP contribution in [0, 0.1) is 10.1 Å². The Hall–Kier alpha value is -2.68. The molecule has 0 fully saturated rings. The molecule has 1 N–H and O–H groups in total. The topological polar surface area (TPSA) is 110 Å². The molecule has 0 saturated heterocycles. The molecule has 0 aromatic heterocycles. The first-order valence-electron chi connectivity index (χ1n) is 7.28. The number of amides is 3. The summed E-state index contributed by atoms with van der Waals surface area (Å²) in [5.74, 6) is -2.49. The molecule has 0 spiro atoms. The van der Waals surface area contributed by atoms with Crippen LogP contribution in [0.4, 0.5) is 11.4 Å². The van der Waals surface area contributed by atoms with E-state index in [1.165, 1.54) is 24.3 Å². The van der Waals surface area contributed by atoms with E-state index in [0.717, 1.165) is 6.07 Å². The van der Waals surface area contributed by atoms with Gasteiger partial charge in [-0.25, -0.2) is 0 Å². The van der Waals surface area contributed by atoms with Gasteiger partial charge in [0.1, 0.15) is 12.1 Å². The summed E-state index contributed by atoms with van der Waals surface area (Å²) >= 11 is 17.7. The zero-order valence-electron chi connectivity index (χ0n) is 13.2. The SMILES string of the molecule is O=C(CN1C(=O)c2cccc([N+](=O)[O-])c2C1=O)Nc1c(Cl)cc(Cl)cc1Cl. The lowest BCUT2D eigenvalue weighted by Crippen LogP contribution is -2.37. The van der Waals surface area contributed by atoms with Gasteiger partial charge in [0.2, 0.25) is 5.91 Å². The number of imide groups is 1. The molecule has 8 nitrogen and oxygen atoms in total. The molecule has 0 atom stereocenters. The second-order valence-electron chi connectivity index (χ2n) is 5.45. The standard InChI is InChI=1S/C16H8Cl3N3O5/c17-7-4-9(18)14(10(19)5-7)20-12(23)6-21-15(24)8-2-1-3-11(22(26)27)13(8)16(21)25/h1-5H,6H2,(H,20,23). The summed E-state index contributed by atoms with van der Waals surface area (Å²) in [5.41, 5.74) is -0.916. The van der Waals surface area contributed by atoms with E-state index in [1.54, 1.807) is 0 Å². The minimum absolute atomic E-state index is 0.0651. The third kappa shape index (κ3) is 3.46. The van der Waals surface area contributed by atoms with Crippen LogP contribution in [0.15, 0.2) is 30.3 Å². The number of nitrogens with one attached hydrogen (secondary N) is 1. The van der Waals surface area contributed by atoms with Gasteiger partial charge in [-0.2, -0.15) is 0 Å². The first kappa shape index (κ1) is 19.1. The van der Waals surface area contributed by atoms with Crippen LogP contribution in [0.25, 0.3) is 0 Å². The molecule has 0 bridgehead atoms. The smallest absolute Gasteiger partial charge is 0.282 e. The molecule has 0 radical (unpaired) electrons. The molecule has 138 valence electrons. The van der Waals surface area contributed by atoms with Crippen molar-refractivity contribution < 1.29 is 19.3 Å². The van der Waals surface area contributed by atoms with Crippen LogP contribution in [0.1, 0.15) is 20.7 Å². The molecule has 2 aromatic carbocycles. The Kier molecular flexibility index (Phi) is 5.05. The maximum absolute atomic E-state index is 12.4. The van der Waals surface area contributed by atoms with Gasteiger partial charge in [-0.15, -0.1) is 0 Å². The Bertz CT molecular complexity index is 1000. The molecule has 1 aliphatic heterocycles. The minimum Gasteiger partial charge on any atom is -0.322 e. The zero-order valence-corrected chi connectivity index (χ0v) is 15.4. The second-order valence-corrected chi connectivity index (χ2v) is 6.70. The Labute approximate surface area is 166 Å². The molecule has 3 amide bonds. The van der Waals surface area contributed by atoms with Crippen LogP contribution in [-0.2, 0) is 4.79 Å². The van der Waals surface area contributed by atoms with E-state index in [0.29, 0.717) is 4.90 Å². The fourth-order valence-corrected chi connectivity index (χ4v) is 3.51. The number of halogens is 3. The molecule has 2 aromatic rings. The normalized spacial score (nSPS) is 12.9. The summed E-state index contributed by atoms with van der Waals surface area (Å²) in [4.78, 5) is 48.1. The van der Waals surface area contributed by atoms with Gasteiger partial charge in [0.05, 0.1) is 26.2 Å². The van der Waals surface area contributed by atoms with Crippen molar-refractivity contribution in [3.05, 3.63) is 66.6 Å². The summed E-state index contributed by atoms with van der Waals surface area (Å²) in [6, 6.07) is 6.40. The molecule has 27 heavy (non-hydrogen) atoms. The summed E-state index contributed by atoms with van der Waals surface area (Å²) in [7, 11) is 0. The van der Waals surface area contributed by atoms with Gasteiger partial charge in [-0.05, 0) is 18.2 Å². The van der Waals surface area contributed by atoms with Gasteiger partial charge in [0, 0.05) is 11.1 Å². The predicted octanol–water partition coefficient (Wildman–Crippen LogP) is 3.79. The molecule has 3 rings (SSSR count). The van der Waals surface area contributed by atoms with Gasteiger partial charge in [-0.3, -0.25) is 29.4 Å². The lowest BCUT2D eigenvalue weighted by atomic mass is 10.1. The highest BCUT2D eigenvalue weighted by Crippen LogP contribution is 2.34. The van der Waals surface area contributed by atoms with E-state index in [1.807, 2.05) is 0 Å². The number of rotatable bonds is 4. The fourth-order valence-electron chi connectivity index (χ4n) is 2.60. The average molecular weight is 429 g/mol. The summed E-state index contributed by atoms with van der Waals surface area (Å²) in [6.45, 7) is -0.668. The maximum atomic E-state index is 12.4. The van der Waals surface area contributed by atoms with E-state index >= 15 is 0 Å². The third-order valence-corrected chi connectivity index (χ3v) is 4.56. The quantitative estimate of drug-likeness (QED) is 0.452. The number of fused-ring (bicyclic) bond motifs is 1. The van der Waals surface area contributed by atoms with Crippen molar-refractivity contribution in [2.24, 2.45) is 0 Å². The number of nitro groups is 1. The number of anilines is 1. The van der Waals surface area contributed by atoms with Crippen LogP contribution in [0.3, 0.4) is 0 Å². The summed E-state index contributed by atoms with van der Waals surface area (Å²) < 4.78 is 0. The highest BCUT2D eigenvalue weighted by Gasteiger charge is 2.41. The van der Waals surface area contributed by atoms with E-state index in [-0.39, 0.29) is 31.9 Å². The maximum Gasteiger partial charge on any atom is 0.282 e. The molecule has 0 saturated carbocycles. The number of hydrogen-bond donors (Lipinski definition) is 1. The predicted molar refractivity (Wildman–Crippen MR) is 98.6 cm³/mol. The van der Waals surface area contributed by atoms with Crippen molar-refractivity contribution >= 4 is 63.9 Å². The van der Waals surface area contributed by atoms with Crippen molar-refractivity contribution in [3.63, 3.8) is 0 Å². The molecule has 1 aliphatic rings. The molecule has 0 unspecified atom stereocenters. The van der Waals surface area contributed by atoms with Crippen molar-refractivity contribution in [2.75, 3.05) is 11.9 Å². The average Bonchev–Trinajstić information content (AvgIpc) is 2.83. The van der Waals surface area contributed by atoms with Crippen molar-refractivity contribution in [1.29, 1.82) is 0 Å². The van der Waals surface area contributed by atoms with Gasteiger partial charge < -0.3 is 5.32 Å². The Morgan fingerprint density at radius 1 is 1.11 bits per heavy atom. The number of nitro benzene ring substituents is 1. The van der Waals surface area contributed by atoms with E-state index < -0.39 is 34.9 Å². The minimum atomic E-state index is -0.925. The van der Waals surface area contributed by atoms with Crippen molar-refractivity contribution in [1.82, 2.24) is 4.90 Å². The van der Waals surface area contributed by atoms with Crippen molar-refractivity contribution in [2.45, 2.75) is 0 Å². The Balaban J connectivity index is 1.84. The van der Waals surface area contributed by atoms with Crippen LogP contribution < -0.4 is 5.32 Å². The molecule has 1 heterocycles.